The number of aryl methyl sites for hydroxylation is 1. The minimum absolute atomic E-state index is 0.134. The fraction of sp³-hybridized carbons (Fsp3) is 0.643. The normalized spacial score (nSPS) is 13.8. The van der Waals surface area contributed by atoms with E-state index in [4.69, 9.17) is 4.74 Å². The van der Waals surface area contributed by atoms with Crippen LogP contribution < -0.4 is 10.9 Å². The molecule has 1 aromatic heterocycles. The molecule has 18 heavy (non-hydrogen) atoms. The van der Waals surface area contributed by atoms with Crippen molar-refractivity contribution in [2.45, 2.75) is 32.2 Å². The van der Waals surface area contributed by atoms with Crippen molar-refractivity contribution >= 4 is 0 Å². The zero-order valence-electron chi connectivity index (χ0n) is 11.1. The van der Waals surface area contributed by atoms with E-state index in [2.05, 4.69) is 5.32 Å². The van der Waals surface area contributed by atoms with Crippen molar-refractivity contribution in [1.82, 2.24) is 9.88 Å². The van der Waals surface area contributed by atoms with Gasteiger partial charge in [-0.15, -0.1) is 0 Å². The van der Waals surface area contributed by atoms with E-state index in [9.17, 15) is 4.79 Å². The Morgan fingerprint density at radius 3 is 3.06 bits per heavy atom. The highest BCUT2D eigenvalue weighted by Gasteiger charge is 2.14. The van der Waals surface area contributed by atoms with E-state index in [1.807, 2.05) is 10.6 Å². The Balaban J connectivity index is 1.86. The molecule has 1 N–H and O–H groups in total. The molecule has 1 aliphatic rings. The molecule has 0 aliphatic heterocycles. The first-order valence-corrected chi connectivity index (χ1v) is 6.74. The van der Waals surface area contributed by atoms with Crippen LogP contribution in [0.4, 0.5) is 0 Å². The summed E-state index contributed by atoms with van der Waals surface area (Å²) in [6.45, 7) is 3.35. The number of ether oxygens (including phenoxy) is 1. The van der Waals surface area contributed by atoms with Crippen LogP contribution in [0.5, 0.6) is 0 Å². The van der Waals surface area contributed by atoms with Gasteiger partial charge in [-0.3, -0.25) is 4.79 Å². The van der Waals surface area contributed by atoms with Crippen LogP contribution >= 0.6 is 0 Å². The standard InChI is InChI=1S/C14H22N2O2/c1-18-11-3-8-15-9-10-16-13-5-2-4-12(13)6-7-14(16)17/h6-7,15H,2-5,8-11H2,1H3. The van der Waals surface area contributed by atoms with Gasteiger partial charge >= 0.3 is 0 Å². The minimum atomic E-state index is 0.134. The Morgan fingerprint density at radius 2 is 2.22 bits per heavy atom. The third-order valence-corrected chi connectivity index (χ3v) is 3.46. The summed E-state index contributed by atoms with van der Waals surface area (Å²) in [5.41, 5.74) is 2.74. The first-order valence-electron chi connectivity index (χ1n) is 6.74. The van der Waals surface area contributed by atoms with Crippen LogP contribution in [0.25, 0.3) is 0 Å². The van der Waals surface area contributed by atoms with Crippen molar-refractivity contribution in [2.75, 3.05) is 26.8 Å². The molecule has 0 spiro atoms. The number of fused-ring (bicyclic) bond motifs is 1. The van der Waals surface area contributed by atoms with E-state index in [-0.39, 0.29) is 5.56 Å². The van der Waals surface area contributed by atoms with Crippen LogP contribution in [0.1, 0.15) is 24.1 Å². The second kappa shape index (κ2) is 6.71. The molecule has 0 fully saturated rings. The van der Waals surface area contributed by atoms with Gasteiger partial charge in [-0.25, -0.2) is 0 Å². The third kappa shape index (κ3) is 3.21. The zero-order valence-corrected chi connectivity index (χ0v) is 11.1. The highest BCUT2D eigenvalue weighted by molar-refractivity contribution is 5.25. The lowest BCUT2D eigenvalue weighted by Gasteiger charge is -2.12. The van der Waals surface area contributed by atoms with Gasteiger partial charge in [0.25, 0.3) is 5.56 Å². The molecule has 1 aromatic rings. The maximum Gasteiger partial charge on any atom is 0.250 e. The van der Waals surface area contributed by atoms with E-state index in [0.717, 1.165) is 45.5 Å². The molecule has 4 heteroatoms. The summed E-state index contributed by atoms with van der Waals surface area (Å²) in [6, 6.07) is 3.70. The van der Waals surface area contributed by atoms with Crippen LogP contribution in [0, 0.1) is 0 Å². The fourth-order valence-electron chi connectivity index (χ4n) is 2.54. The van der Waals surface area contributed by atoms with Crippen molar-refractivity contribution in [3.63, 3.8) is 0 Å². The Bertz CT molecular complexity index is 440. The molecular weight excluding hydrogens is 228 g/mol. The summed E-state index contributed by atoms with van der Waals surface area (Å²) in [5, 5.41) is 3.35. The van der Waals surface area contributed by atoms with Gasteiger partial charge in [0.05, 0.1) is 0 Å². The van der Waals surface area contributed by atoms with E-state index >= 15 is 0 Å². The molecule has 0 radical (unpaired) electrons. The SMILES string of the molecule is COCCCNCCn1c2c(ccc1=O)CCC2. The summed E-state index contributed by atoms with van der Waals surface area (Å²) in [7, 11) is 1.72. The molecule has 4 nitrogen and oxygen atoms in total. The lowest BCUT2D eigenvalue weighted by molar-refractivity contribution is 0.194. The number of hydrogen-bond donors (Lipinski definition) is 1. The Hall–Kier alpha value is -1.13. The van der Waals surface area contributed by atoms with Gasteiger partial charge in [-0.2, -0.15) is 0 Å². The molecule has 0 aromatic carbocycles. The zero-order chi connectivity index (χ0) is 12.8. The van der Waals surface area contributed by atoms with Crippen molar-refractivity contribution in [3.05, 3.63) is 33.7 Å². The van der Waals surface area contributed by atoms with Crippen LogP contribution in [-0.4, -0.2) is 31.4 Å². The second-order valence-corrected chi connectivity index (χ2v) is 4.75. The number of pyridine rings is 1. The average Bonchev–Trinajstić information content (AvgIpc) is 2.84. The monoisotopic (exact) mass is 250 g/mol. The van der Waals surface area contributed by atoms with Crippen molar-refractivity contribution < 1.29 is 4.74 Å². The lowest BCUT2D eigenvalue weighted by atomic mass is 10.2. The molecule has 1 heterocycles. The van der Waals surface area contributed by atoms with E-state index < -0.39 is 0 Å². The number of hydrogen-bond acceptors (Lipinski definition) is 3. The maximum absolute atomic E-state index is 11.9. The Morgan fingerprint density at radius 1 is 1.33 bits per heavy atom. The van der Waals surface area contributed by atoms with E-state index in [0.29, 0.717) is 0 Å². The topological polar surface area (TPSA) is 43.3 Å². The van der Waals surface area contributed by atoms with Gasteiger partial charge in [0, 0.05) is 38.6 Å². The Labute approximate surface area is 108 Å². The van der Waals surface area contributed by atoms with Crippen molar-refractivity contribution in [3.8, 4) is 0 Å². The molecule has 2 rings (SSSR count). The first-order chi connectivity index (χ1) is 8.83. The van der Waals surface area contributed by atoms with E-state index in [1.165, 1.54) is 17.7 Å². The molecular formula is C14H22N2O2. The highest BCUT2D eigenvalue weighted by Crippen LogP contribution is 2.19. The number of aromatic nitrogens is 1. The summed E-state index contributed by atoms with van der Waals surface area (Å²) in [5.74, 6) is 0. The maximum atomic E-state index is 11.9. The van der Waals surface area contributed by atoms with Gasteiger partial charge in [-0.1, -0.05) is 6.07 Å². The molecule has 0 saturated heterocycles. The van der Waals surface area contributed by atoms with Gasteiger partial charge in [0.15, 0.2) is 0 Å². The largest absolute Gasteiger partial charge is 0.385 e. The summed E-state index contributed by atoms with van der Waals surface area (Å²) in [6.07, 6.45) is 4.37. The van der Waals surface area contributed by atoms with Crippen LogP contribution in [0.15, 0.2) is 16.9 Å². The van der Waals surface area contributed by atoms with Crippen LogP contribution in [-0.2, 0) is 24.1 Å². The molecule has 0 bridgehead atoms. The van der Waals surface area contributed by atoms with Gasteiger partial charge in [-0.05, 0) is 37.8 Å². The first kappa shape index (κ1) is 13.3. The van der Waals surface area contributed by atoms with Gasteiger partial charge < -0.3 is 14.6 Å². The van der Waals surface area contributed by atoms with Gasteiger partial charge in [0.1, 0.15) is 0 Å². The number of rotatable bonds is 7. The predicted octanol–water partition coefficient (Wildman–Crippen LogP) is 0.963. The molecule has 0 saturated carbocycles. The van der Waals surface area contributed by atoms with Crippen LogP contribution in [0.2, 0.25) is 0 Å². The predicted molar refractivity (Wildman–Crippen MR) is 72.1 cm³/mol. The number of nitrogens with zero attached hydrogens (tertiary/aromatic N) is 1. The number of nitrogens with one attached hydrogen (secondary N) is 1. The third-order valence-electron chi connectivity index (χ3n) is 3.46. The summed E-state index contributed by atoms with van der Waals surface area (Å²) >= 11 is 0. The van der Waals surface area contributed by atoms with Crippen molar-refractivity contribution in [1.29, 1.82) is 0 Å². The second-order valence-electron chi connectivity index (χ2n) is 4.75. The molecule has 0 unspecified atom stereocenters. The summed E-state index contributed by atoms with van der Waals surface area (Å²) < 4.78 is 6.93. The van der Waals surface area contributed by atoms with Gasteiger partial charge in [0.2, 0.25) is 0 Å². The molecule has 0 amide bonds. The Kier molecular flexibility index (Phi) is 4.96. The number of methoxy groups -OCH3 is 1. The fourth-order valence-corrected chi connectivity index (χ4v) is 2.54. The van der Waals surface area contributed by atoms with Crippen LogP contribution in [0.3, 0.4) is 0 Å². The summed E-state index contributed by atoms with van der Waals surface area (Å²) in [4.78, 5) is 11.9. The highest BCUT2D eigenvalue weighted by atomic mass is 16.5. The van der Waals surface area contributed by atoms with E-state index in [1.54, 1.807) is 13.2 Å². The van der Waals surface area contributed by atoms with Crippen molar-refractivity contribution in [2.24, 2.45) is 0 Å². The molecule has 100 valence electrons. The lowest BCUT2D eigenvalue weighted by Crippen LogP contribution is -2.29. The molecule has 0 atom stereocenters. The quantitative estimate of drug-likeness (QED) is 0.733. The molecule has 1 aliphatic carbocycles. The minimum Gasteiger partial charge on any atom is -0.385 e. The smallest absolute Gasteiger partial charge is 0.250 e. The average molecular weight is 250 g/mol.